The fraction of sp³-hybridized carbons (Fsp3) is 0.214. The van der Waals surface area contributed by atoms with Crippen LogP contribution in [0.4, 0.5) is 5.69 Å². The number of hydrazine groups is 1. The van der Waals surface area contributed by atoms with Crippen LogP contribution >= 0.6 is 0 Å². The average molecular weight is 475 g/mol. The first-order chi connectivity index (χ1) is 17.1. The molecule has 1 aliphatic heterocycles. The van der Waals surface area contributed by atoms with Gasteiger partial charge in [-0.1, -0.05) is 12.1 Å². The van der Waals surface area contributed by atoms with Crippen LogP contribution in [0.15, 0.2) is 78.5 Å². The molecule has 1 N–H and O–H groups in total. The smallest absolute Gasteiger partial charge is 0.129 e. The standard InChI is InChI=1S/C28H30N2O5/c1-31-21-15-13-20(14-16-21)30-23(28-26(34-4)10-7-11-27(28)35-5)18-19(29-30)12-17-22-24(32-2)8-6-9-25(22)33-3/h6-18,23,29H,1-5H3. The second-order valence-electron chi connectivity index (χ2n) is 7.73. The molecule has 4 rings (SSSR count). The summed E-state index contributed by atoms with van der Waals surface area (Å²) in [6.45, 7) is 0. The van der Waals surface area contributed by atoms with E-state index >= 15 is 0 Å². The zero-order chi connectivity index (χ0) is 24.8. The summed E-state index contributed by atoms with van der Waals surface area (Å²) >= 11 is 0. The fourth-order valence-corrected chi connectivity index (χ4v) is 4.15. The Balaban J connectivity index is 1.77. The van der Waals surface area contributed by atoms with Gasteiger partial charge in [0.05, 0.1) is 58.1 Å². The van der Waals surface area contributed by atoms with Gasteiger partial charge in [-0.3, -0.25) is 10.4 Å². The summed E-state index contributed by atoms with van der Waals surface area (Å²) in [6, 6.07) is 19.2. The van der Waals surface area contributed by atoms with Crippen LogP contribution in [0.3, 0.4) is 0 Å². The Morgan fingerprint density at radius 1 is 0.657 bits per heavy atom. The lowest BCUT2D eigenvalue weighted by Gasteiger charge is -2.29. The predicted octanol–water partition coefficient (Wildman–Crippen LogP) is 5.39. The van der Waals surface area contributed by atoms with Gasteiger partial charge < -0.3 is 23.7 Å². The number of rotatable bonds is 9. The van der Waals surface area contributed by atoms with Crippen molar-refractivity contribution in [3.05, 3.63) is 89.6 Å². The molecule has 3 aromatic rings. The van der Waals surface area contributed by atoms with Crippen molar-refractivity contribution in [1.82, 2.24) is 5.43 Å². The number of methoxy groups -OCH3 is 5. The number of ether oxygens (including phenoxy) is 5. The molecule has 182 valence electrons. The van der Waals surface area contributed by atoms with Crippen LogP contribution < -0.4 is 34.1 Å². The number of anilines is 1. The lowest BCUT2D eigenvalue weighted by Crippen LogP contribution is -2.34. The number of hydrogen-bond donors (Lipinski definition) is 1. The molecule has 0 amide bonds. The molecule has 7 heteroatoms. The lowest BCUT2D eigenvalue weighted by atomic mass is 10.0. The highest BCUT2D eigenvalue weighted by Crippen LogP contribution is 2.42. The number of nitrogens with zero attached hydrogens (tertiary/aromatic N) is 1. The Kier molecular flexibility index (Phi) is 7.35. The zero-order valence-corrected chi connectivity index (χ0v) is 20.6. The maximum absolute atomic E-state index is 5.71. The van der Waals surface area contributed by atoms with Crippen molar-refractivity contribution in [3.63, 3.8) is 0 Å². The van der Waals surface area contributed by atoms with E-state index in [2.05, 4.69) is 16.5 Å². The van der Waals surface area contributed by atoms with Crippen LogP contribution in [0.25, 0.3) is 6.08 Å². The Hall–Kier alpha value is -4.26. The Morgan fingerprint density at radius 3 is 1.71 bits per heavy atom. The first-order valence-electron chi connectivity index (χ1n) is 11.1. The molecule has 0 radical (unpaired) electrons. The summed E-state index contributed by atoms with van der Waals surface area (Å²) < 4.78 is 27.8. The topological polar surface area (TPSA) is 61.4 Å². The average Bonchev–Trinajstić information content (AvgIpc) is 3.34. The van der Waals surface area contributed by atoms with Crippen LogP contribution in [0, 0.1) is 0 Å². The molecule has 3 aromatic carbocycles. The van der Waals surface area contributed by atoms with Crippen molar-refractivity contribution in [1.29, 1.82) is 0 Å². The minimum Gasteiger partial charge on any atom is -0.497 e. The molecule has 0 spiro atoms. The monoisotopic (exact) mass is 474 g/mol. The second kappa shape index (κ2) is 10.8. The van der Waals surface area contributed by atoms with E-state index < -0.39 is 0 Å². The molecule has 0 aromatic heterocycles. The largest absolute Gasteiger partial charge is 0.497 e. The normalized spacial score (nSPS) is 14.9. The molecule has 1 heterocycles. The molecule has 1 unspecified atom stereocenters. The highest BCUT2D eigenvalue weighted by molar-refractivity contribution is 5.67. The molecule has 7 nitrogen and oxygen atoms in total. The summed E-state index contributed by atoms with van der Waals surface area (Å²) in [5, 5.41) is 2.07. The van der Waals surface area contributed by atoms with E-state index in [9.17, 15) is 0 Å². The summed E-state index contributed by atoms with van der Waals surface area (Å²) in [4.78, 5) is 0. The Labute approximate surface area is 206 Å². The molecule has 0 saturated carbocycles. The highest BCUT2D eigenvalue weighted by Gasteiger charge is 2.31. The van der Waals surface area contributed by atoms with Gasteiger partial charge in [-0.2, -0.15) is 0 Å². The third-order valence-electron chi connectivity index (χ3n) is 5.87. The first-order valence-corrected chi connectivity index (χ1v) is 11.1. The highest BCUT2D eigenvalue weighted by atomic mass is 16.5. The van der Waals surface area contributed by atoms with Crippen molar-refractivity contribution < 1.29 is 23.7 Å². The maximum Gasteiger partial charge on any atom is 0.129 e. The molecule has 0 aliphatic carbocycles. The molecule has 1 atom stereocenters. The third-order valence-corrected chi connectivity index (χ3v) is 5.87. The summed E-state index contributed by atoms with van der Waals surface area (Å²) in [5.41, 5.74) is 7.14. The first kappa shape index (κ1) is 23.9. The van der Waals surface area contributed by atoms with Gasteiger partial charge >= 0.3 is 0 Å². The lowest BCUT2D eigenvalue weighted by molar-refractivity contribution is 0.381. The van der Waals surface area contributed by atoms with Gasteiger partial charge in [0.1, 0.15) is 34.8 Å². The molecular formula is C28H30N2O5. The van der Waals surface area contributed by atoms with Crippen LogP contribution in [0.1, 0.15) is 17.2 Å². The van der Waals surface area contributed by atoms with Gasteiger partial charge in [0.25, 0.3) is 0 Å². The molecule has 0 fully saturated rings. The van der Waals surface area contributed by atoms with E-state index in [1.807, 2.05) is 72.8 Å². The van der Waals surface area contributed by atoms with E-state index in [4.69, 9.17) is 23.7 Å². The number of allylic oxidation sites excluding steroid dienone is 1. The molecular weight excluding hydrogens is 444 g/mol. The quantitative estimate of drug-likeness (QED) is 0.446. The third kappa shape index (κ3) is 4.84. The van der Waals surface area contributed by atoms with Gasteiger partial charge in [0, 0.05) is 0 Å². The van der Waals surface area contributed by atoms with Crippen molar-refractivity contribution >= 4 is 11.8 Å². The van der Waals surface area contributed by atoms with Gasteiger partial charge in [-0.25, -0.2) is 0 Å². The summed E-state index contributed by atoms with van der Waals surface area (Å²) in [7, 11) is 8.28. The Morgan fingerprint density at radius 2 is 1.20 bits per heavy atom. The zero-order valence-electron chi connectivity index (χ0n) is 20.6. The van der Waals surface area contributed by atoms with E-state index in [0.717, 1.165) is 51.3 Å². The van der Waals surface area contributed by atoms with Crippen LogP contribution in [-0.2, 0) is 0 Å². The Bertz CT molecular complexity index is 1180. The van der Waals surface area contributed by atoms with E-state index in [0.29, 0.717) is 0 Å². The van der Waals surface area contributed by atoms with Gasteiger partial charge in [-0.05, 0) is 66.8 Å². The number of nitrogens with one attached hydrogen (secondary N) is 1. The van der Waals surface area contributed by atoms with Crippen molar-refractivity contribution in [2.45, 2.75) is 6.04 Å². The van der Waals surface area contributed by atoms with Crippen molar-refractivity contribution in [2.75, 3.05) is 40.6 Å². The molecule has 1 aliphatic rings. The number of benzene rings is 3. The van der Waals surface area contributed by atoms with Gasteiger partial charge in [0.2, 0.25) is 0 Å². The summed E-state index contributed by atoms with van der Waals surface area (Å²) in [5.74, 6) is 3.73. The predicted molar refractivity (Wildman–Crippen MR) is 138 cm³/mol. The fourth-order valence-electron chi connectivity index (χ4n) is 4.15. The van der Waals surface area contributed by atoms with E-state index in [1.54, 1.807) is 35.5 Å². The van der Waals surface area contributed by atoms with E-state index in [1.165, 1.54) is 0 Å². The van der Waals surface area contributed by atoms with Crippen LogP contribution in [0.2, 0.25) is 0 Å². The van der Waals surface area contributed by atoms with Crippen LogP contribution in [0.5, 0.6) is 28.7 Å². The minimum absolute atomic E-state index is 0.200. The van der Waals surface area contributed by atoms with Crippen molar-refractivity contribution in [2.24, 2.45) is 0 Å². The number of hydrogen-bond acceptors (Lipinski definition) is 7. The van der Waals surface area contributed by atoms with Crippen molar-refractivity contribution in [3.8, 4) is 28.7 Å². The van der Waals surface area contributed by atoms with E-state index in [-0.39, 0.29) is 6.04 Å². The van der Waals surface area contributed by atoms with Crippen LogP contribution in [-0.4, -0.2) is 35.5 Å². The van der Waals surface area contributed by atoms with Gasteiger partial charge in [-0.15, -0.1) is 0 Å². The minimum atomic E-state index is -0.200. The molecule has 0 saturated heterocycles. The molecule has 0 bridgehead atoms. The van der Waals surface area contributed by atoms with Gasteiger partial charge in [0.15, 0.2) is 0 Å². The molecule has 35 heavy (non-hydrogen) atoms. The second-order valence-corrected chi connectivity index (χ2v) is 7.73. The maximum atomic E-state index is 5.71. The SMILES string of the molecule is COc1ccc(N2NC(C=Cc3c(OC)cccc3OC)=CC2c2c(OC)cccc2OC)cc1. The summed E-state index contributed by atoms with van der Waals surface area (Å²) in [6.07, 6.45) is 6.10.